The second-order valence-corrected chi connectivity index (χ2v) is 5.10. The van der Waals surface area contributed by atoms with Crippen molar-refractivity contribution in [2.24, 2.45) is 5.73 Å². The number of nitrogens with one attached hydrogen (secondary N) is 1. The molecule has 0 radical (unpaired) electrons. The van der Waals surface area contributed by atoms with Crippen molar-refractivity contribution in [3.05, 3.63) is 32.3 Å². The van der Waals surface area contributed by atoms with Gasteiger partial charge in [0.05, 0.1) is 10.2 Å². The third-order valence-corrected chi connectivity index (χ3v) is 3.55. The third-order valence-electron chi connectivity index (χ3n) is 1.86. The van der Waals surface area contributed by atoms with Gasteiger partial charge in [-0.05, 0) is 39.0 Å². The second kappa shape index (κ2) is 4.99. The predicted octanol–water partition coefficient (Wildman–Crippen LogP) is 2.80. The highest BCUT2D eigenvalue weighted by Gasteiger charge is 2.12. The van der Waals surface area contributed by atoms with Gasteiger partial charge in [-0.2, -0.15) is 4.98 Å². The fraction of sp³-hybridized carbons (Fsp3) is 0. The number of nitrogens with zero attached hydrogens (tertiary/aromatic N) is 2. The maximum absolute atomic E-state index is 11.1. The summed E-state index contributed by atoms with van der Waals surface area (Å²) in [5.74, 6) is -0.00956. The lowest BCUT2D eigenvalue weighted by molar-refractivity contribution is 0.100. The highest BCUT2D eigenvalue weighted by atomic mass is 79.9. The van der Waals surface area contributed by atoms with Gasteiger partial charge in [-0.3, -0.25) is 4.79 Å². The lowest BCUT2D eigenvalue weighted by atomic mass is 10.3. The van der Waals surface area contributed by atoms with Crippen LogP contribution in [0, 0.1) is 0 Å². The van der Waals surface area contributed by atoms with Crippen LogP contribution in [0.15, 0.2) is 22.1 Å². The zero-order valence-electron chi connectivity index (χ0n) is 8.28. The van der Waals surface area contributed by atoms with E-state index in [9.17, 15) is 4.79 Å². The minimum Gasteiger partial charge on any atom is -0.365 e. The van der Waals surface area contributed by atoms with Crippen LogP contribution < -0.4 is 11.1 Å². The lowest BCUT2D eigenvalue weighted by Gasteiger charge is -2.06. The first-order valence-corrected chi connectivity index (χ1v) is 6.45. The van der Waals surface area contributed by atoms with Gasteiger partial charge in [0, 0.05) is 6.20 Å². The average molecular weight is 334 g/mol. The maximum Gasteiger partial charge on any atom is 0.260 e. The normalized spacial score (nSPS) is 10.2. The Hall–Kier alpha value is -1.18. The standard InChI is InChI=1S/C9H6BrClN4OS/c10-4-3-13-9(11)15-8(4)14-5-1-2-17-6(5)7(12)16/h1-3H,(H2,12,16)(H,13,14,15). The molecule has 88 valence electrons. The van der Waals surface area contributed by atoms with Gasteiger partial charge in [0.25, 0.3) is 5.91 Å². The van der Waals surface area contributed by atoms with Crippen molar-refractivity contribution < 1.29 is 4.79 Å². The SMILES string of the molecule is NC(=O)c1sccc1Nc1nc(Cl)ncc1Br. The molecule has 0 bridgehead atoms. The summed E-state index contributed by atoms with van der Waals surface area (Å²) in [6.45, 7) is 0. The number of carbonyl (C=O) groups is 1. The average Bonchev–Trinajstić information content (AvgIpc) is 2.71. The smallest absolute Gasteiger partial charge is 0.260 e. The fourth-order valence-corrected chi connectivity index (χ4v) is 2.29. The first-order valence-electron chi connectivity index (χ1n) is 4.40. The first kappa shape index (κ1) is 12.3. The molecule has 1 amide bonds. The number of anilines is 2. The number of carbonyl (C=O) groups excluding carboxylic acids is 1. The minimum atomic E-state index is -0.487. The highest BCUT2D eigenvalue weighted by molar-refractivity contribution is 9.10. The Kier molecular flexibility index (Phi) is 3.60. The van der Waals surface area contributed by atoms with E-state index in [4.69, 9.17) is 17.3 Å². The number of nitrogens with two attached hydrogens (primary N) is 1. The Morgan fingerprint density at radius 3 is 3.06 bits per heavy atom. The lowest BCUT2D eigenvalue weighted by Crippen LogP contribution is -2.11. The van der Waals surface area contributed by atoms with Crippen molar-refractivity contribution in [3.8, 4) is 0 Å². The molecular weight excluding hydrogens is 328 g/mol. The van der Waals surface area contributed by atoms with Crippen molar-refractivity contribution >= 4 is 56.3 Å². The first-order chi connectivity index (χ1) is 8.08. The zero-order valence-corrected chi connectivity index (χ0v) is 11.4. The molecule has 0 atom stereocenters. The van der Waals surface area contributed by atoms with Gasteiger partial charge in [-0.25, -0.2) is 4.98 Å². The quantitative estimate of drug-likeness (QED) is 0.846. The van der Waals surface area contributed by atoms with E-state index in [1.54, 1.807) is 11.4 Å². The summed E-state index contributed by atoms with van der Waals surface area (Å²) in [5, 5.41) is 4.85. The Labute approximate surface area is 114 Å². The van der Waals surface area contributed by atoms with E-state index < -0.39 is 5.91 Å². The number of primary amides is 1. The second-order valence-electron chi connectivity index (χ2n) is 2.99. The molecule has 2 heterocycles. The van der Waals surface area contributed by atoms with Gasteiger partial charge in [0.2, 0.25) is 5.28 Å². The van der Waals surface area contributed by atoms with Crippen LogP contribution in [0.5, 0.6) is 0 Å². The molecule has 0 saturated carbocycles. The molecule has 0 unspecified atom stereocenters. The number of hydrogen-bond donors (Lipinski definition) is 2. The van der Waals surface area contributed by atoms with Crippen LogP contribution in [0.4, 0.5) is 11.5 Å². The van der Waals surface area contributed by atoms with E-state index in [2.05, 4.69) is 31.2 Å². The summed E-state index contributed by atoms with van der Waals surface area (Å²) in [6.07, 6.45) is 1.52. The van der Waals surface area contributed by atoms with Crippen molar-refractivity contribution in [2.45, 2.75) is 0 Å². The summed E-state index contributed by atoms with van der Waals surface area (Å²) in [7, 11) is 0. The molecule has 3 N–H and O–H groups in total. The Bertz CT molecular complexity index is 574. The third kappa shape index (κ3) is 2.74. The Morgan fingerprint density at radius 2 is 2.35 bits per heavy atom. The molecule has 2 rings (SSSR count). The number of hydrogen-bond acceptors (Lipinski definition) is 5. The van der Waals surface area contributed by atoms with E-state index in [0.29, 0.717) is 20.9 Å². The van der Waals surface area contributed by atoms with Crippen LogP contribution in [0.2, 0.25) is 5.28 Å². The van der Waals surface area contributed by atoms with Crippen molar-refractivity contribution in [2.75, 3.05) is 5.32 Å². The highest BCUT2D eigenvalue weighted by Crippen LogP contribution is 2.28. The molecule has 0 saturated heterocycles. The molecule has 0 aliphatic heterocycles. The number of rotatable bonds is 3. The van der Waals surface area contributed by atoms with Gasteiger partial charge in [0.1, 0.15) is 10.7 Å². The maximum atomic E-state index is 11.1. The van der Waals surface area contributed by atoms with Crippen LogP contribution in [0.25, 0.3) is 0 Å². The number of amides is 1. The van der Waals surface area contributed by atoms with Gasteiger partial charge >= 0.3 is 0 Å². The van der Waals surface area contributed by atoms with Crippen LogP contribution in [-0.4, -0.2) is 15.9 Å². The van der Waals surface area contributed by atoms with Crippen molar-refractivity contribution in [1.82, 2.24) is 9.97 Å². The molecule has 0 aliphatic carbocycles. The molecule has 2 aromatic rings. The summed E-state index contributed by atoms with van der Waals surface area (Å²) in [6, 6.07) is 1.74. The summed E-state index contributed by atoms with van der Waals surface area (Å²) in [4.78, 5) is 19.4. The van der Waals surface area contributed by atoms with E-state index in [-0.39, 0.29) is 5.28 Å². The summed E-state index contributed by atoms with van der Waals surface area (Å²) in [5.41, 5.74) is 5.84. The summed E-state index contributed by atoms with van der Waals surface area (Å²) < 4.78 is 0.642. The Balaban J connectivity index is 2.34. The molecule has 0 aromatic carbocycles. The molecule has 5 nitrogen and oxygen atoms in total. The van der Waals surface area contributed by atoms with Crippen LogP contribution in [-0.2, 0) is 0 Å². The van der Waals surface area contributed by atoms with E-state index in [0.717, 1.165) is 0 Å². The van der Waals surface area contributed by atoms with Crippen LogP contribution in [0.1, 0.15) is 9.67 Å². The fourth-order valence-electron chi connectivity index (χ4n) is 1.16. The largest absolute Gasteiger partial charge is 0.365 e. The molecular formula is C9H6BrClN4OS. The van der Waals surface area contributed by atoms with Gasteiger partial charge < -0.3 is 11.1 Å². The molecule has 8 heteroatoms. The van der Waals surface area contributed by atoms with E-state index in [1.165, 1.54) is 17.5 Å². The minimum absolute atomic E-state index is 0.117. The van der Waals surface area contributed by atoms with Crippen LogP contribution in [0.3, 0.4) is 0 Å². The van der Waals surface area contributed by atoms with E-state index in [1.807, 2.05) is 0 Å². The topological polar surface area (TPSA) is 80.9 Å². The summed E-state index contributed by atoms with van der Waals surface area (Å²) >= 11 is 10.2. The van der Waals surface area contributed by atoms with Crippen LogP contribution >= 0.6 is 38.9 Å². The van der Waals surface area contributed by atoms with E-state index >= 15 is 0 Å². The van der Waals surface area contributed by atoms with Gasteiger partial charge in [-0.15, -0.1) is 11.3 Å². The molecule has 0 aliphatic rings. The molecule has 0 fully saturated rings. The predicted molar refractivity (Wildman–Crippen MR) is 70.9 cm³/mol. The van der Waals surface area contributed by atoms with Crippen molar-refractivity contribution in [3.63, 3.8) is 0 Å². The number of thiophene rings is 1. The number of aromatic nitrogens is 2. The number of halogens is 2. The van der Waals surface area contributed by atoms with Gasteiger partial charge in [-0.1, -0.05) is 0 Å². The van der Waals surface area contributed by atoms with Gasteiger partial charge in [0.15, 0.2) is 0 Å². The molecule has 17 heavy (non-hydrogen) atoms. The monoisotopic (exact) mass is 332 g/mol. The molecule has 0 spiro atoms. The zero-order chi connectivity index (χ0) is 12.4. The molecule has 2 aromatic heterocycles. The van der Waals surface area contributed by atoms with Crippen molar-refractivity contribution in [1.29, 1.82) is 0 Å². The Morgan fingerprint density at radius 1 is 1.59 bits per heavy atom.